The van der Waals surface area contributed by atoms with Crippen LogP contribution in [0.5, 0.6) is 0 Å². The van der Waals surface area contributed by atoms with Crippen LogP contribution in [0.25, 0.3) is 0 Å². The first kappa shape index (κ1) is 26.8. The zero-order chi connectivity index (χ0) is 23.8. The molecule has 6 heteroatoms. The van der Waals surface area contributed by atoms with Gasteiger partial charge in [-0.3, -0.25) is 9.59 Å². The molecule has 6 nitrogen and oxygen atoms in total. The van der Waals surface area contributed by atoms with E-state index in [1.54, 1.807) is 20.8 Å². The Bertz CT molecular complexity index is 667. The van der Waals surface area contributed by atoms with Gasteiger partial charge in [0.25, 0.3) is 0 Å². The number of carbonyl (C=O) groups is 2. The largest absolute Gasteiger partial charge is 0.459 e. The molecule has 0 spiro atoms. The first-order valence-corrected chi connectivity index (χ1v) is 11.2. The summed E-state index contributed by atoms with van der Waals surface area (Å²) in [5.41, 5.74) is -2.16. The molecule has 0 unspecified atom stereocenters. The van der Waals surface area contributed by atoms with Gasteiger partial charge in [-0.25, -0.2) is 0 Å². The standard InChI is InChI=1S/C24H43NO5/c1-11-17-24(10,29)20(27)14(3)18(25)13(2)12-22(6,7)23(8,9)16(5)19(26)15(4)21(28)30-17/h13-17,20,25,27,29H,11-12H2,1-10H3/t13-,14+,15-,16+,17-,20-,24-/m1/s1. The third kappa shape index (κ3) is 4.80. The monoisotopic (exact) mass is 425 g/mol. The van der Waals surface area contributed by atoms with Gasteiger partial charge in [0.05, 0.1) is 6.10 Å². The van der Waals surface area contributed by atoms with E-state index in [4.69, 9.17) is 10.1 Å². The molecule has 0 radical (unpaired) electrons. The summed E-state index contributed by atoms with van der Waals surface area (Å²) in [5.74, 6) is -3.00. The molecule has 30 heavy (non-hydrogen) atoms. The van der Waals surface area contributed by atoms with Gasteiger partial charge in [0.15, 0.2) is 0 Å². The van der Waals surface area contributed by atoms with Crippen molar-refractivity contribution >= 4 is 17.5 Å². The van der Waals surface area contributed by atoms with Gasteiger partial charge in [0.2, 0.25) is 0 Å². The van der Waals surface area contributed by atoms with Gasteiger partial charge in [-0.2, -0.15) is 0 Å². The summed E-state index contributed by atoms with van der Waals surface area (Å²) < 4.78 is 5.55. The molecule has 3 N–H and O–H groups in total. The normalized spacial score (nSPS) is 41.1. The zero-order valence-corrected chi connectivity index (χ0v) is 20.5. The number of aliphatic hydroxyl groups excluding tert-OH is 1. The lowest BCUT2D eigenvalue weighted by molar-refractivity contribution is -0.186. The third-order valence-corrected chi connectivity index (χ3v) is 8.23. The van der Waals surface area contributed by atoms with E-state index in [1.807, 2.05) is 27.7 Å². The van der Waals surface area contributed by atoms with Gasteiger partial charge in [-0.15, -0.1) is 0 Å². The van der Waals surface area contributed by atoms with Crippen LogP contribution in [0.4, 0.5) is 0 Å². The molecule has 0 aromatic rings. The van der Waals surface area contributed by atoms with E-state index >= 15 is 0 Å². The number of ether oxygens (including phenoxy) is 1. The average Bonchev–Trinajstić information content (AvgIpc) is 2.66. The van der Waals surface area contributed by atoms with Gasteiger partial charge in [0, 0.05) is 17.5 Å². The predicted octanol–water partition coefficient (Wildman–Crippen LogP) is 4.01. The Morgan fingerprint density at radius 2 is 1.57 bits per heavy atom. The number of carbonyl (C=O) groups excluding carboxylic acids is 2. The molecule has 0 saturated carbocycles. The minimum atomic E-state index is -1.75. The Morgan fingerprint density at radius 3 is 2.03 bits per heavy atom. The highest BCUT2D eigenvalue weighted by Gasteiger charge is 2.49. The number of cyclic esters (lactones) is 1. The first-order chi connectivity index (χ1) is 13.4. The van der Waals surface area contributed by atoms with E-state index in [0.29, 0.717) is 12.1 Å². The van der Waals surface area contributed by atoms with Gasteiger partial charge >= 0.3 is 5.97 Å². The second-order valence-electron chi connectivity index (χ2n) is 10.8. The molecule has 0 aromatic carbocycles. The maximum Gasteiger partial charge on any atom is 0.316 e. The molecule has 174 valence electrons. The molecule has 1 fully saturated rings. The third-order valence-electron chi connectivity index (χ3n) is 8.23. The quantitative estimate of drug-likeness (QED) is 0.434. The minimum absolute atomic E-state index is 0.148. The van der Waals surface area contributed by atoms with Gasteiger partial charge in [-0.05, 0) is 43.4 Å². The Kier molecular flexibility index (Phi) is 8.09. The van der Waals surface area contributed by atoms with E-state index in [-0.39, 0.29) is 23.5 Å². The van der Waals surface area contributed by atoms with E-state index in [0.717, 1.165) is 0 Å². The molecule has 1 rings (SSSR count). The lowest BCUT2D eigenvalue weighted by atomic mass is 9.56. The van der Waals surface area contributed by atoms with E-state index in [2.05, 4.69) is 13.8 Å². The molecular formula is C24H43NO5. The highest BCUT2D eigenvalue weighted by molar-refractivity contribution is 6.00. The van der Waals surface area contributed by atoms with Crippen LogP contribution in [0.15, 0.2) is 0 Å². The van der Waals surface area contributed by atoms with Crippen molar-refractivity contribution < 1.29 is 24.5 Å². The Morgan fingerprint density at radius 1 is 1.07 bits per heavy atom. The SMILES string of the molecule is CC[C@H]1OC(=O)[C@H](C)C(=O)[C@H](C)C(C)(C)C(C)(C)C[C@@H](C)C(=N)[C@H](C)[C@@H](O)[C@]1(C)O. The van der Waals surface area contributed by atoms with Crippen molar-refractivity contribution in [3.8, 4) is 0 Å². The van der Waals surface area contributed by atoms with Crippen LogP contribution >= 0.6 is 0 Å². The molecule has 0 bridgehead atoms. The molecule has 7 atom stereocenters. The molecule has 1 aliphatic heterocycles. The number of hydrogen-bond acceptors (Lipinski definition) is 6. The van der Waals surface area contributed by atoms with Crippen molar-refractivity contribution in [2.75, 3.05) is 0 Å². The van der Waals surface area contributed by atoms with Crippen molar-refractivity contribution in [3.05, 3.63) is 0 Å². The molecule has 0 amide bonds. The number of hydrogen-bond donors (Lipinski definition) is 3. The highest BCUT2D eigenvalue weighted by atomic mass is 16.6. The van der Waals surface area contributed by atoms with Crippen LogP contribution in [0.1, 0.15) is 82.1 Å². The van der Waals surface area contributed by atoms with Crippen molar-refractivity contribution in [2.24, 2.45) is 34.5 Å². The zero-order valence-electron chi connectivity index (χ0n) is 20.5. The Labute approximate surface area is 182 Å². The summed E-state index contributed by atoms with van der Waals surface area (Å²) in [6.07, 6.45) is -1.34. The Hall–Kier alpha value is -1.27. The van der Waals surface area contributed by atoms with E-state index in [9.17, 15) is 19.8 Å². The van der Waals surface area contributed by atoms with Gasteiger partial charge in [-0.1, -0.05) is 55.4 Å². The maximum atomic E-state index is 13.2. The maximum absolute atomic E-state index is 13.2. The second kappa shape index (κ2) is 9.07. The first-order valence-electron chi connectivity index (χ1n) is 11.2. The number of rotatable bonds is 1. The van der Waals surface area contributed by atoms with Crippen molar-refractivity contribution in [1.82, 2.24) is 0 Å². The second-order valence-corrected chi connectivity index (χ2v) is 10.8. The number of ketones is 1. The number of Topliss-reactive ketones (excluding diaryl/α,β-unsaturated/α-hetero) is 1. The smallest absolute Gasteiger partial charge is 0.316 e. The predicted molar refractivity (Wildman–Crippen MR) is 118 cm³/mol. The van der Waals surface area contributed by atoms with Crippen LogP contribution in [0.3, 0.4) is 0 Å². The van der Waals surface area contributed by atoms with Crippen molar-refractivity contribution in [3.63, 3.8) is 0 Å². The lowest BCUT2D eigenvalue weighted by Gasteiger charge is -2.48. The molecular weight excluding hydrogens is 382 g/mol. The van der Waals surface area contributed by atoms with E-state index < -0.39 is 46.9 Å². The van der Waals surface area contributed by atoms with Crippen LogP contribution in [-0.2, 0) is 14.3 Å². The fourth-order valence-corrected chi connectivity index (χ4v) is 4.75. The fourth-order valence-electron chi connectivity index (χ4n) is 4.75. The average molecular weight is 426 g/mol. The van der Waals surface area contributed by atoms with Gasteiger partial charge < -0.3 is 20.4 Å². The molecule has 0 aromatic heterocycles. The van der Waals surface area contributed by atoms with Crippen molar-refractivity contribution in [1.29, 1.82) is 5.41 Å². The molecule has 1 saturated heterocycles. The number of aliphatic hydroxyl groups is 2. The molecule has 0 aliphatic carbocycles. The summed E-state index contributed by atoms with van der Waals surface area (Å²) >= 11 is 0. The topological polar surface area (TPSA) is 108 Å². The summed E-state index contributed by atoms with van der Waals surface area (Å²) in [6.45, 7) is 18.5. The van der Waals surface area contributed by atoms with E-state index in [1.165, 1.54) is 6.92 Å². The van der Waals surface area contributed by atoms with Crippen LogP contribution < -0.4 is 0 Å². The number of esters is 1. The molecule has 1 heterocycles. The summed E-state index contributed by atoms with van der Waals surface area (Å²) in [6, 6.07) is 0. The van der Waals surface area contributed by atoms with Crippen molar-refractivity contribution in [2.45, 2.75) is 99.9 Å². The van der Waals surface area contributed by atoms with Crippen LogP contribution in [0.2, 0.25) is 0 Å². The lowest BCUT2D eigenvalue weighted by Crippen LogP contribution is -2.56. The summed E-state index contributed by atoms with van der Waals surface area (Å²) in [5, 5.41) is 30.7. The minimum Gasteiger partial charge on any atom is -0.459 e. The summed E-state index contributed by atoms with van der Waals surface area (Å²) in [4.78, 5) is 26.0. The van der Waals surface area contributed by atoms with Crippen LogP contribution in [0, 0.1) is 39.9 Å². The van der Waals surface area contributed by atoms with Gasteiger partial charge in [0.1, 0.15) is 23.4 Å². The highest BCUT2D eigenvalue weighted by Crippen LogP contribution is 2.49. The van der Waals surface area contributed by atoms with Crippen LogP contribution in [-0.4, -0.2) is 45.5 Å². The fraction of sp³-hybridized carbons (Fsp3) is 0.875. The number of nitrogens with one attached hydrogen (secondary N) is 1. The Balaban J connectivity index is 3.54. The molecule has 1 aliphatic rings. The summed E-state index contributed by atoms with van der Waals surface area (Å²) in [7, 11) is 0.